The molecule has 4 nitrogen and oxygen atoms in total. The summed E-state index contributed by atoms with van der Waals surface area (Å²) >= 11 is 0. The van der Waals surface area contributed by atoms with Gasteiger partial charge < -0.3 is 0 Å². The van der Waals surface area contributed by atoms with E-state index in [1.165, 1.54) is 29.6 Å². The molecule has 3 aromatic rings. The van der Waals surface area contributed by atoms with E-state index in [1.54, 1.807) is 0 Å². The number of pyridine rings is 1. The molecular formula is C17H15F3N4. The number of hydrogen-bond acceptors (Lipinski definition) is 3. The van der Waals surface area contributed by atoms with E-state index in [1.807, 2.05) is 18.2 Å². The minimum absolute atomic E-state index is 0.0212. The van der Waals surface area contributed by atoms with E-state index in [0.29, 0.717) is 17.3 Å². The number of alkyl halides is 3. The van der Waals surface area contributed by atoms with Crippen LogP contribution in [0.5, 0.6) is 0 Å². The number of halogens is 3. The quantitative estimate of drug-likeness (QED) is 0.695. The molecule has 4 rings (SSSR count). The summed E-state index contributed by atoms with van der Waals surface area (Å²) in [4.78, 5) is 12.3. The molecule has 124 valence electrons. The summed E-state index contributed by atoms with van der Waals surface area (Å²) in [7, 11) is 0. The fourth-order valence-corrected chi connectivity index (χ4v) is 3.26. The monoisotopic (exact) mass is 332 g/mol. The zero-order valence-electron chi connectivity index (χ0n) is 12.8. The Morgan fingerprint density at radius 1 is 1.04 bits per heavy atom. The number of imidazole rings is 1. The molecule has 1 saturated carbocycles. The van der Waals surface area contributed by atoms with Gasteiger partial charge in [0.25, 0.3) is 0 Å². The lowest BCUT2D eigenvalue weighted by Crippen LogP contribution is -2.09. The van der Waals surface area contributed by atoms with E-state index >= 15 is 0 Å². The molecule has 0 saturated heterocycles. The van der Waals surface area contributed by atoms with Gasteiger partial charge in [-0.15, -0.1) is 0 Å². The molecule has 0 amide bonds. The predicted octanol–water partition coefficient (Wildman–Crippen LogP) is 4.47. The van der Waals surface area contributed by atoms with Crippen molar-refractivity contribution < 1.29 is 13.2 Å². The van der Waals surface area contributed by atoms with Crippen LogP contribution in [0.4, 0.5) is 13.2 Å². The second-order valence-corrected chi connectivity index (χ2v) is 6.05. The van der Waals surface area contributed by atoms with Crippen molar-refractivity contribution in [1.29, 1.82) is 0 Å². The summed E-state index contributed by atoms with van der Waals surface area (Å²) in [5.41, 5.74) is 1.44. The first-order valence-corrected chi connectivity index (χ1v) is 7.91. The second kappa shape index (κ2) is 5.58. The van der Waals surface area contributed by atoms with Crippen LogP contribution in [0.2, 0.25) is 0 Å². The van der Waals surface area contributed by atoms with Crippen molar-refractivity contribution in [3.63, 3.8) is 0 Å². The largest absolute Gasteiger partial charge is 0.433 e. The van der Waals surface area contributed by atoms with Gasteiger partial charge in [0.15, 0.2) is 0 Å². The number of fused-ring (bicyclic) bond motifs is 1. The molecule has 3 heterocycles. The van der Waals surface area contributed by atoms with Crippen molar-refractivity contribution in [3.8, 4) is 11.4 Å². The molecular weight excluding hydrogens is 317 g/mol. The number of nitrogens with zero attached hydrogens (tertiary/aromatic N) is 4. The summed E-state index contributed by atoms with van der Waals surface area (Å²) < 4.78 is 39.8. The second-order valence-electron chi connectivity index (χ2n) is 6.05. The lowest BCUT2D eigenvalue weighted by molar-refractivity contribution is -0.141. The summed E-state index contributed by atoms with van der Waals surface area (Å²) in [6.45, 7) is 0. The normalized spacial score (nSPS) is 16.1. The molecule has 0 atom stereocenters. The number of hydrogen-bond donors (Lipinski definition) is 0. The van der Waals surface area contributed by atoms with E-state index < -0.39 is 11.9 Å². The van der Waals surface area contributed by atoms with E-state index in [2.05, 4.69) is 9.97 Å². The maximum Gasteiger partial charge on any atom is 0.433 e. The van der Waals surface area contributed by atoms with Gasteiger partial charge in [-0.05, 0) is 31.0 Å². The van der Waals surface area contributed by atoms with Crippen LogP contribution >= 0.6 is 0 Å². The molecule has 0 N–H and O–H groups in total. The molecule has 0 bridgehead atoms. The minimum Gasteiger partial charge on any atom is -0.282 e. The third-order valence-electron chi connectivity index (χ3n) is 4.48. The molecule has 7 heteroatoms. The lowest BCUT2D eigenvalue weighted by Gasteiger charge is -2.10. The Morgan fingerprint density at radius 2 is 1.83 bits per heavy atom. The minimum atomic E-state index is -4.48. The molecule has 24 heavy (non-hydrogen) atoms. The highest BCUT2D eigenvalue weighted by Crippen LogP contribution is 2.34. The molecule has 0 aromatic carbocycles. The first-order valence-electron chi connectivity index (χ1n) is 7.91. The predicted molar refractivity (Wildman–Crippen MR) is 82.4 cm³/mol. The van der Waals surface area contributed by atoms with Gasteiger partial charge in [-0.25, -0.2) is 9.97 Å². The Morgan fingerprint density at radius 3 is 2.58 bits per heavy atom. The van der Waals surface area contributed by atoms with E-state index in [4.69, 9.17) is 4.98 Å². The van der Waals surface area contributed by atoms with Crippen LogP contribution in [0, 0.1) is 0 Å². The molecule has 0 spiro atoms. The fraction of sp³-hybridized carbons (Fsp3) is 0.353. The number of aromatic nitrogens is 4. The Kier molecular flexibility index (Phi) is 3.51. The third-order valence-corrected chi connectivity index (χ3v) is 4.48. The molecule has 1 aliphatic carbocycles. The highest BCUT2D eigenvalue weighted by atomic mass is 19.4. The summed E-state index contributed by atoms with van der Waals surface area (Å²) in [5.74, 6) is 0.493. The average molecular weight is 332 g/mol. The van der Waals surface area contributed by atoms with Crippen LogP contribution in [0.15, 0.2) is 36.7 Å². The van der Waals surface area contributed by atoms with Crippen molar-refractivity contribution >= 4 is 5.78 Å². The first-order chi connectivity index (χ1) is 11.5. The highest BCUT2D eigenvalue weighted by Gasteiger charge is 2.33. The fourth-order valence-electron chi connectivity index (χ4n) is 3.26. The van der Waals surface area contributed by atoms with E-state index in [0.717, 1.165) is 24.6 Å². The van der Waals surface area contributed by atoms with Gasteiger partial charge in [-0.2, -0.15) is 13.2 Å². The first kappa shape index (κ1) is 15.1. The topological polar surface area (TPSA) is 43.1 Å². The van der Waals surface area contributed by atoms with Crippen LogP contribution in [0.1, 0.15) is 43.0 Å². The maximum atomic E-state index is 12.8. The Labute approximate surface area is 136 Å². The standard InChI is InChI=1S/C17H15F3N4/c18-17(19,20)15-8-9-24-14(10-21-16(24)23-15)13-7-3-6-12(22-13)11-4-1-2-5-11/h3,6-11H,1-2,4-5H2. The average Bonchev–Trinajstić information content (AvgIpc) is 3.23. The molecule has 3 aromatic heterocycles. The molecule has 0 radical (unpaired) electrons. The highest BCUT2D eigenvalue weighted by molar-refractivity contribution is 5.58. The van der Waals surface area contributed by atoms with Crippen molar-refractivity contribution in [3.05, 3.63) is 48.0 Å². The van der Waals surface area contributed by atoms with E-state index in [9.17, 15) is 13.2 Å². The van der Waals surface area contributed by atoms with Crippen LogP contribution in [0.3, 0.4) is 0 Å². The molecule has 1 fully saturated rings. The van der Waals surface area contributed by atoms with Crippen LogP contribution in [-0.2, 0) is 6.18 Å². The van der Waals surface area contributed by atoms with Crippen molar-refractivity contribution in [2.24, 2.45) is 0 Å². The Hall–Kier alpha value is -2.44. The van der Waals surface area contributed by atoms with Crippen LogP contribution < -0.4 is 0 Å². The van der Waals surface area contributed by atoms with Crippen molar-refractivity contribution in [2.45, 2.75) is 37.8 Å². The van der Waals surface area contributed by atoms with Gasteiger partial charge in [0.2, 0.25) is 5.78 Å². The molecule has 1 aliphatic rings. The molecule has 0 aliphatic heterocycles. The van der Waals surface area contributed by atoms with Crippen LogP contribution in [0.25, 0.3) is 17.2 Å². The maximum absolute atomic E-state index is 12.8. The van der Waals surface area contributed by atoms with Gasteiger partial charge in [-0.3, -0.25) is 9.38 Å². The Bertz CT molecular complexity index is 879. The zero-order valence-corrected chi connectivity index (χ0v) is 12.8. The third kappa shape index (κ3) is 2.64. The number of rotatable bonds is 2. The van der Waals surface area contributed by atoms with Gasteiger partial charge in [0, 0.05) is 17.8 Å². The van der Waals surface area contributed by atoms with Crippen LogP contribution in [-0.4, -0.2) is 19.4 Å². The summed E-state index contributed by atoms with van der Waals surface area (Å²) in [6, 6.07) is 6.76. The smallest absolute Gasteiger partial charge is 0.282 e. The molecule has 0 unspecified atom stereocenters. The Balaban J connectivity index is 1.75. The summed E-state index contributed by atoms with van der Waals surface area (Å²) in [6.07, 6.45) is 3.10. The van der Waals surface area contributed by atoms with Crippen molar-refractivity contribution in [2.75, 3.05) is 0 Å². The van der Waals surface area contributed by atoms with E-state index in [-0.39, 0.29) is 5.78 Å². The summed E-state index contributed by atoms with van der Waals surface area (Å²) in [5, 5.41) is 0. The van der Waals surface area contributed by atoms with Gasteiger partial charge in [0.1, 0.15) is 5.69 Å². The van der Waals surface area contributed by atoms with Gasteiger partial charge >= 0.3 is 6.18 Å². The zero-order chi connectivity index (χ0) is 16.7. The van der Waals surface area contributed by atoms with Crippen molar-refractivity contribution in [1.82, 2.24) is 19.4 Å². The lowest BCUT2D eigenvalue weighted by atomic mass is 10.0. The SMILES string of the molecule is FC(F)(F)c1ccn2c(-c3cccc(C4CCCC4)n3)cnc2n1. The van der Waals surface area contributed by atoms with Gasteiger partial charge in [0.05, 0.1) is 17.6 Å². The van der Waals surface area contributed by atoms with Gasteiger partial charge in [-0.1, -0.05) is 18.9 Å².